The highest BCUT2D eigenvalue weighted by Gasteiger charge is 2.34. The second-order valence-electron chi connectivity index (χ2n) is 8.47. The topological polar surface area (TPSA) is 97.6 Å². The van der Waals surface area contributed by atoms with Crippen LogP contribution in [0, 0.1) is 11.8 Å². The van der Waals surface area contributed by atoms with E-state index in [-0.39, 0.29) is 29.3 Å². The molecule has 2 fully saturated rings. The van der Waals surface area contributed by atoms with Gasteiger partial charge in [-0.1, -0.05) is 0 Å². The molecule has 0 saturated carbocycles. The molecule has 1 unspecified atom stereocenters. The molecule has 2 aromatic rings. The Bertz CT molecular complexity index is 1040. The van der Waals surface area contributed by atoms with Crippen LogP contribution in [0.15, 0.2) is 23.1 Å². The van der Waals surface area contributed by atoms with Gasteiger partial charge in [0.1, 0.15) is 5.52 Å². The van der Waals surface area contributed by atoms with Crippen molar-refractivity contribution >= 4 is 28.9 Å². The van der Waals surface area contributed by atoms with Crippen LogP contribution in [-0.2, 0) is 20.9 Å². The second kappa shape index (κ2) is 9.67. The summed E-state index contributed by atoms with van der Waals surface area (Å²) in [6.07, 6.45) is 4.57. The van der Waals surface area contributed by atoms with Crippen molar-refractivity contribution in [2.24, 2.45) is 11.8 Å². The Kier molecular flexibility index (Phi) is 6.72. The molecule has 32 heavy (non-hydrogen) atoms. The lowest BCUT2D eigenvalue weighted by Crippen LogP contribution is -2.49. The number of rotatable bonds is 5. The Hall–Kier alpha value is -2.97. The van der Waals surface area contributed by atoms with Crippen LogP contribution in [-0.4, -0.2) is 64.1 Å². The number of aromatic nitrogens is 3. The summed E-state index contributed by atoms with van der Waals surface area (Å²) in [5.74, 6) is 0.0437. The molecule has 2 aliphatic heterocycles. The molecule has 2 saturated heterocycles. The number of pyridine rings is 1. The van der Waals surface area contributed by atoms with Crippen LogP contribution in [0.1, 0.15) is 39.5 Å². The van der Waals surface area contributed by atoms with E-state index in [4.69, 9.17) is 4.74 Å². The maximum Gasteiger partial charge on any atom is 0.309 e. The van der Waals surface area contributed by atoms with Crippen molar-refractivity contribution in [3.05, 3.63) is 28.7 Å². The molecular weight excluding hydrogens is 410 g/mol. The highest BCUT2D eigenvalue weighted by atomic mass is 16.5. The lowest BCUT2D eigenvalue weighted by Gasteiger charge is -2.37. The van der Waals surface area contributed by atoms with E-state index in [0.29, 0.717) is 69.2 Å². The Morgan fingerprint density at radius 3 is 2.62 bits per heavy atom. The summed E-state index contributed by atoms with van der Waals surface area (Å²) in [5.41, 5.74) is 1.10. The fourth-order valence-corrected chi connectivity index (χ4v) is 4.79. The minimum absolute atomic E-state index is 0.107. The van der Waals surface area contributed by atoms with Crippen LogP contribution in [0.2, 0.25) is 0 Å². The van der Waals surface area contributed by atoms with E-state index in [0.717, 1.165) is 12.8 Å². The summed E-state index contributed by atoms with van der Waals surface area (Å²) in [5, 5.41) is 0. The maximum atomic E-state index is 13.2. The van der Waals surface area contributed by atoms with Crippen molar-refractivity contribution in [1.82, 2.24) is 19.4 Å². The van der Waals surface area contributed by atoms with Gasteiger partial charge in [-0.3, -0.25) is 19.0 Å². The van der Waals surface area contributed by atoms with E-state index in [1.807, 2.05) is 35.8 Å². The van der Waals surface area contributed by atoms with Gasteiger partial charge in [-0.15, -0.1) is 0 Å². The molecule has 2 aliphatic rings. The number of carbonyl (C=O) groups is 2. The first-order chi connectivity index (χ1) is 15.5. The van der Waals surface area contributed by atoms with Gasteiger partial charge in [-0.05, 0) is 51.7 Å². The summed E-state index contributed by atoms with van der Waals surface area (Å²) in [4.78, 5) is 51.1. The number of piperidine rings is 2. The first-order valence-electron chi connectivity index (χ1n) is 11.6. The molecule has 0 N–H and O–H groups in total. The summed E-state index contributed by atoms with van der Waals surface area (Å²) < 4.78 is 6.77. The Morgan fingerprint density at radius 1 is 1.12 bits per heavy atom. The number of hydrogen-bond donors (Lipinski definition) is 0. The molecule has 0 aromatic carbocycles. The minimum Gasteiger partial charge on any atom is -0.466 e. The number of anilines is 1. The Balaban J connectivity index is 1.47. The van der Waals surface area contributed by atoms with Gasteiger partial charge < -0.3 is 14.5 Å². The largest absolute Gasteiger partial charge is 0.466 e. The van der Waals surface area contributed by atoms with E-state index in [2.05, 4.69) is 9.97 Å². The average molecular weight is 442 g/mol. The van der Waals surface area contributed by atoms with Gasteiger partial charge in [0.2, 0.25) is 5.91 Å². The summed E-state index contributed by atoms with van der Waals surface area (Å²) in [6.45, 7) is 6.94. The molecule has 0 spiro atoms. The minimum atomic E-state index is -0.177. The van der Waals surface area contributed by atoms with Crippen LogP contribution in [0.4, 0.5) is 5.82 Å². The number of hydrogen-bond acceptors (Lipinski definition) is 7. The average Bonchev–Trinajstić information content (AvgIpc) is 2.83. The molecular formula is C23H31N5O4. The molecule has 4 heterocycles. The molecule has 9 nitrogen and oxygen atoms in total. The van der Waals surface area contributed by atoms with Crippen molar-refractivity contribution in [2.75, 3.05) is 37.7 Å². The molecule has 0 bridgehead atoms. The van der Waals surface area contributed by atoms with Crippen LogP contribution >= 0.6 is 0 Å². The summed E-state index contributed by atoms with van der Waals surface area (Å²) >= 11 is 0. The number of fused-ring (bicyclic) bond motifs is 1. The monoisotopic (exact) mass is 441 g/mol. The molecule has 1 atom stereocenters. The zero-order chi connectivity index (χ0) is 22.7. The molecule has 0 aliphatic carbocycles. The van der Waals surface area contributed by atoms with Crippen molar-refractivity contribution in [3.8, 4) is 0 Å². The second-order valence-corrected chi connectivity index (χ2v) is 8.47. The number of carbonyl (C=O) groups excluding carboxylic acids is 2. The summed E-state index contributed by atoms with van der Waals surface area (Å²) in [6, 6.07) is 3.67. The van der Waals surface area contributed by atoms with E-state index in [1.54, 1.807) is 10.8 Å². The van der Waals surface area contributed by atoms with Crippen molar-refractivity contribution in [2.45, 2.75) is 46.1 Å². The van der Waals surface area contributed by atoms with Crippen molar-refractivity contribution < 1.29 is 14.3 Å². The molecule has 0 radical (unpaired) electrons. The smallest absolute Gasteiger partial charge is 0.309 e. The number of likely N-dealkylation sites (tertiary alicyclic amines) is 1. The lowest BCUT2D eigenvalue weighted by molar-refractivity contribution is -0.151. The fourth-order valence-electron chi connectivity index (χ4n) is 4.79. The Labute approximate surface area is 187 Å². The van der Waals surface area contributed by atoms with E-state index in [1.165, 1.54) is 0 Å². The van der Waals surface area contributed by atoms with Crippen LogP contribution < -0.4 is 10.5 Å². The summed E-state index contributed by atoms with van der Waals surface area (Å²) in [7, 11) is 0. The number of ether oxygens (including phenoxy) is 1. The molecule has 1 amide bonds. The van der Waals surface area contributed by atoms with Gasteiger partial charge in [-0.25, -0.2) is 9.97 Å². The first-order valence-corrected chi connectivity index (χ1v) is 11.6. The van der Waals surface area contributed by atoms with E-state index < -0.39 is 0 Å². The lowest BCUT2D eigenvalue weighted by atomic mass is 9.93. The van der Waals surface area contributed by atoms with E-state index in [9.17, 15) is 14.4 Å². The zero-order valence-corrected chi connectivity index (χ0v) is 18.8. The van der Waals surface area contributed by atoms with Gasteiger partial charge >= 0.3 is 5.97 Å². The number of esters is 1. The van der Waals surface area contributed by atoms with Crippen molar-refractivity contribution in [1.29, 1.82) is 0 Å². The highest BCUT2D eigenvalue weighted by Crippen LogP contribution is 2.26. The third-order valence-electron chi connectivity index (χ3n) is 6.50. The SMILES string of the molecule is CCOC(=O)C1CCN(C(=O)C2CCCN(c3nc4cccnc4n(CC)c3=O)C2)CC1. The van der Waals surface area contributed by atoms with Crippen molar-refractivity contribution in [3.63, 3.8) is 0 Å². The number of nitrogens with zero attached hydrogens (tertiary/aromatic N) is 5. The zero-order valence-electron chi connectivity index (χ0n) is 18.8. The predicted octanol–water partition coefficient (Wildman–Crippen LogP) is 1.83. The quantitative estimate of drug-likeness (QED) is 0.653. The molecule has 9 heteroatoms. The molecule has 172 valence electrons. The molecule has 2 aromatic heterocycles. The predicted molar refractivity (Wildman–Crippen MR) is 120 cm³/mol. The first kappa shape index (κ1) is 22.2. The fraction of sp³-hybridized carbons (Fsp3) is 0.609. The highest BCUT2D eigenvalue weighted by molar-refractivity contribution is 5.80. The van der Waals surface area contributed by atoms with Gasteiger partial charge in [0.15, 0.2) is 11.5 Å². The standard InChI is InChI=1S/C23H31N5O4/c1-3-28-19-18(8-5-11-24-19)25-20(22(28)30)27-12-6-7-17(15-27)21(29)26-13-9-16(10-14-26)23(31)32-4-2/h5,8,11,16-17H,3-4,6-7,9-10,12-15H2,1-2H3. The van der Waals surface area contributed by atoms with Gasteiger partial charge in [0.05, 0.1) is 18.4 Å². The van der Waals surface area contributed by atoms with Gasteiger partial charge in [-0.2, -0.15) is 0 Å². The van der Waals surface area contributed by atoms with Crippen LogP contribution in [0.3, 0.4) is 0 Å². The normalized spacial score (nSPS) is 19.9. The van der Waals surface area contributed by atoms with Gasteiger partial charge in [0.25, 0.3) is 5.56 Å². The third-order valence-corrected chi connectivity index (χ3v) is 6.50. The Morgan fingerprint density at radius 2 is 1.91 bits per heavy atom. The maximum absolute atomic E-state index is 13.2. The van der Waals surface area contributed by atoms with Crippen LogP contribution in [0.5, 0.6) is 0 Å². The number of aryl methyl sites for hydroxylation is 1. The third kappa shape index (κ3) is 4.33. The van der Waals surface area contributed by atoms with Crippen LogP contribution in [0.25, 0.3) is 11.2 Å². The molecule has 4 rings (SSSR count). The van der Waals surface area contributed by atoms with E-state index >= 15 is 0 Å². The number of amides is 1. The van der Waals surface area contributed by atoms with Gasteiger partial charge in [0, 0.05) is 38.9 Å².